The van der Waals surface area contributed by atoms with Gasteiger partial charge in [-0.25, -0.2) is 4.79 Å². The summed E-state index contributed by atoms with van der Waals surface area (Å²) >= 11 is 1.40. The number of benzene rings is 1. The fraction of sp³-hybridized carbons (Fsp3) is 0.524. The average Bonchev–Trinajstić information content (AvgIpc) is 3.33. The van der Waals surface area contributed by atoms with E-state index in [9.17, 15) is 9.59 Å². The van der Waals surface area contributed by atoms with Crippen molar-refractivity contribution < 1.29 is 23.8 Å². The second-order valence-corrected chi connectivity index (χ2v) is 8.16. The van der Waals surface area contributed by atoms with E-state index >= 15 is 0 Å². The monoisotopic (exact) mass is 418 g/mol. The maximum Gasteiger partial charge on any atom is 0.333 e. The summed E-state index contributed by atoms with van der Waals surface area (Å²) in [6, 6.07) is 6.48. The molecule has 29 heavy (non-hydrogen) atoms. The predicted octanol–water partition coefficient (Wildman–Crippen LogP) is 2.57. The Kier molecular flexibility index (Phi) is 6.30. The summed E-state index contributed by atoms with van der Waals surface area (Å²) in [5.74, 6) is 1.63. The third kappa shape index (κ3) is 4.53. The van der Waals surface area contributed by atoms with Gasteiger partial charge >= 0.3 is 5.97 Å². The Bertz CT molecular complexity index is 812. The lowest BCUT2D eigenvalue weighted by Gasteiger charge is -2.28. The van der Waals surface area contributed by atoms with E-state index in [0.29, 0.717) is 43.2 Å². The maximum atomic E-state index is 12.3. The van der Waals surface area contributed by atoms with Crippen molar-refractivity contribution in [2.24, 2.45) is 0 Å². The number of amides is 1. The fourth-order valence-corrected chi connectivity index (χ4v) is 4.98. The summed E-state index contributed by atoms with van der Waals surface area (Å²) < 4.78 is 16.3. The van der Waals surface area contributed by atoms with Crippen LogP contribution in [0.2, 0.25) is 0 Å². The first-order chi connectivity index (χ1) is 14.2. The standard InChI is InChI=1S/C21H26N2O5S/c1-2-26-21(25)13-20-23(19(24)14-29-20)9-8-22-7-3-4-16(22)15-5-6-17-18(12-15)28-11-10-27-17/h5-6,12-13,16H,2-4,7-11,14H2,1H3. The third-order valence-corrected chi connectivity index (χ3v) is 6.39. The highest BCUT2D eigenvalue weighted by Crippen LogP contribution is 2.38. The quantitative estimate of drug-likeness (QED) is 0.520. The fourth-order valence-electron chi connectivity index (χ4n) is 4.02. The lowest BCUT2D eigenvalue weighted by atomic mass is 10.0. The molecule has 1 aromatic carbocycles. The molecule has 1 amide bonds. The van der Waals surface area contributed by atoms with Crippen LogP contribution in [0.1, 0.15) is 31.4 Å². The first kappa shape index (κ1) is 20.1. The van der Waals surface area contributed by atoms with E-state index in [-0.39, 0.29) is 5.91 Å². The Balaban J connectivity index is 1.42. The predicted molar refractivity (Wildman–Crippen MR) is 110 cm³/mol. The molecular weight excluding hydrogens is 392 g/mol. The molecule has 2 fully saturated rings. The SMILES string of the molecule is CCOC(=O)C=C1SCC(=O)N1CCN1CCCC1c1ccc2c(c1)OCCO2. The molecule has 4 rings (SSSR count). The summed E-state index contributed by atoms with van der Waals surface area (Å²) in [6.07, 6.45) is 3.63. The van der Waals surface area contributed by atoms with Crippen LogP contribution in [0.4, 0.5) is 0 Å². The smallest absolute Gasteiger partial charge is 0.333 e. The molecule has 0 aliphatic carbocycles. The number of thioether (sulfide) groups is 1. The average molecular weight is 419 g/mol. The van der Waals surface area contributed by atoms with Gasteiger partial charge in [0.2, 0.25) is 5.91 Å². The Morgan fingerprint density at radius 3 is 2.93 bits per heavy atom. The highest BCUT2D eigenvalue weighted by molar-refractivity contribution is 8.04. The van der Waals surface area contributed by atoms with Crippen LogP contribution in [0.3, 0.4) is 0 Å². The van der Waals surface area contributed by atoms with Crippen LogP contribution in [-0.2, 0) is 14.3 Å². The molecule has 156 valence electrons. The first-order valence-corrected chi connectivity index (χ1v) is 11.1. The van der Waals surface area contributed by atoms with Crippen LogP contribution < -0.4 is 9.47 Å². The number of hydrogen-bond acceptors (Lipinski definition) is 7. The van der Waals surface area contributed by atoms with Gasteiger partial charge in [0, 0.05) is 19.1 Å². The maximum absolute atomic E-state index is 12.3. The third-order valence-electron chi connectivity index (χ3n) is 5.36. The van der Waals surface area contributed by atoms with Crippen LogP contribution in [0, 0.1) is 0 Å². The summed E-state index contributed by atoms with van der Waals surface area (Å²) in [5.41, 5.74) is 1.22. The second-order valence-electron chi connectivity index (χ2n) is 7.17. The largest absolute Gasteiger partial charge is 0.486 e. The lowest BCUT2D eigenvalue weighted by molar-refractivity contribution is -0.137. The Morgan fingerprint density at radius 2 is 2.10 bits per heavy atom. The van der Waals surface area contributed by atoms with E-state index in [0.717, 1.165) is 37.4 Å². The lowest BCUT2D eigenvalue weighted by Crippen LogP contribution is -2.35. The number of carbonyl (C=O) groups excluding carboxylic acids is 2. The topological polar surface area (TPSA) is 68.3 Å². The van der Waals surface area contributed by atoms with Gasteiger partial charge in [-0.2, -0.15) is 0 Å². The van der Waals surface area contributed by atoms with Crippen LogP contribution in [0.25, 0.3) is 0 Å². The minimum Gasteiger partial charge on any atom is -0.486 e. The van der Waals surface area contributed by atoms with Gasteiger partial charge in [-0.1, -0.05) is 17.8 Å². The van der Waals surface area contributed by atoms with Gasteiger partial charge in [0.1, 0.15) is 13.2 Å². The first-order valence-electron chi connectivity index (χ1n) is 10.1. The number of fused-ring (bicyclic) bond motifs is 1. The minimum atomic E-state index is -0.398. The van der Waals surface area contributed by atoms with Crippen molar-refractivity contribution in [3.63, 3.8) is 0 Å². The van der Waals surface area contributed by atoms with Crippen LogP contribution in [0.5, 0.6) is 11.5 Å². The van der Waals surface area contributed by atoms with Crippen molar-refractivity contribution in [2.75, 3.05) is 45.2 Å². The molecule has 8 heteroatoms. The van der Waals surface area contributed by atoms with Crippen LogP contribution >= 0.6 is 11.8 Å². The van der Waals surface area contributed by atoms with Crippen molar-refractivity contribution in [1.29, 1.82) is 0 Å². The molecule has 0 spiro atoms. The number of ether oxygens (including phenoxy) is 3. The summed E-state index contributed by atoms with van der Waals surface area (Å²) in [6.45, 7) is 5.58. The van der Waals surface area contributed by atoms with Crippen molar-refractivity contribution in [2.45, 2.75) is 25.8 Å². The zero-order chi connectivity index (χ0) is 20.2. The molecule has 7 nitrogen and oxygen atoms in total. The molecular formula is C21H26N2O5S. The molecule has 0 N–H and O–H groups in total. The van der Waals surface area contributed by atoms with Crippen LogP contribution in [-0.4, -0.2) is 66.9 Å². The molecule has 1 aromatic rings. The highest BCUT2D eigenvalue weighted by atomic mass is 32.2. The van der Waals surface area contributed by atoms with Gasteiger partial charge < -0.3 is 19.1 Å². The number of rotatable bonds is 6. The minimum absolute atomic E-state index is 0.0422. The molecule has 0 radical (unpaired) electrons. The van der Waals surface area contributed by atoms with Crippen molar-refractivity contribution in [1.82, 2.24) is 9.80 Å². The molecule has 1 atom stereocenters. The van der Waals surface area contributed by atoms with E-state index in [1.54, 1.807) is 11.8 Å². The van der Waals surface area contributed by atoms with E-state index in [4.69, 9.17) is 14.2 Å². The van der Waals surface area contributed by atoms with E-state index in [1.807, 2.05) is 6.07 Å². The van der Waals surface area contributed by atoms with Gasteiger partial charge in [-0.05, 0) is 44.0 Å². The number of nitrogens with zero attached hydrogens (tertiary/aromatic N) is 2. The van der Waals surface area contributed by atoms with Gasteiger partial charge in [0.25, 0.3) is 0 Å². The number of hydrogen-bond donors (Lipinski definition) is 0. The molecule has 0 aromatic heterocycles. The van der Waals surface area contributed by atoms with Crippen molar-refractivity contribution in [3.8, 4) is 11.5 Å². The van der Waals surface area contributed by atoms with Gasteiger partial charge in [0.15, 0.2) is 11.5 Å². The Labute approximate surface area is 175 Å². The van der Waals surface area contributed by atoms with Gasteiger partial charge in [-0.15, -0.1) is 0 Å². The molecule has 2 saturated heterocycles. The molecule has 3 aliphatic rings. The van der Waals surface area contributed by atoms with Crippen LogP contribution in [0.15, 0.2) is 29.3 Å². The highest BCUT2D eigenvalue weighted by Gasteiger charge is 2.31. The Morgan fingerprint density at radius 1 is 1.28 bits per heavy atom. The zero-order valence-electron chi connectivity index (χ0n) is 16.6. The number of carbonyl (C=O) groups is 2. The van der Waals surface area contributed by atoms with Gasteiger partial charge in [-0.3, -0.25) is 9.69 Å². The summed E-state index contributed by atoms with van der Waals surface area (Å²) in [7, 11) is 0. The van der Waals surface area contributed by atoms with E-state index < -0.39 is 5.97 Å². The van der Waals surface area contributed by atoms with Crippen molar-refractivity contribution >= 4 is 23.6 Å². The zero-order valence-corrected chi connectivity index (χ0v) is 17.4. The summed E-state index contributed by atoms with van der Waals surface area (Å²) in [4.78, 5) is 28.2. The van der Waals surface area contributed by atoms with Crippen molar-refractivity contribution in [3.05, 3.63) is 34.9 Å². The van der Waals surface area contributed by atoms with E-state index in [1.165, 1.54) is 23.4 Å². The molecule has 1 unspecified atom stereocenters. The number of esters is 1. The van der Waals surface area contributed by atoms with E-state index in [2.05, 4.69) is 17.0 Å². The molecule has 0 saturated carbocycles. The molecule has 0 bridgehead atoms. The summed E-state index contributed by atoms with van der Waals surface area (Å²) in [5, 5.41) is 0.684. The normalized spacial score (nSPS) is 23.1. The Hall–Kier alpha value is -2.19. The number of likely N-dealkylation sites (tertiary alicyclic amines) is 1. The van der Waals surface area contributed by atoms with Gasteiger partial charge in [0.05, 0.1) is 23.5 Å². The second kappa shape index (κ2) is 9.09. The molecule has 3 aliphatic heterocycles. The molecule has 3 heterocycles.